The van der Waals surface area contributed by atoms with Crippen LogP contribution in [0.1, 0.15) is 67.7 Å². The molecule has 12 nitrogen and oxygen atoms in total. The Labute approximate surface area is 257 Å². The third-order valence-electron chi connectivity index (χ3n) is 7.84. The minimum Gasteiger partial charge on any atom is -0.366 e. The van der Waals surface area contributed by atoms with Crippen molar-refractivity contribution in [2.75, 3.05) is 55.4 Å². The van der Waals surface area contributed by atoms with Crippen LogP contribution in [0.15, 0.2) is 24.4 Å². The molecule has 4 aliphatic heterocycles. The molecule has 0 radical (unpaired) electrons. The molecule has 14 heteroatoms. The molecule has 1 unspecified atom stereocenters. The number of nitrogens with zero attached hydrogens (tertiary/aromatic N) is 5. The van der Waals surface area contributed by atoms with Gasteiger partial charge in [0, 0.05) is 63.7 Å². The number of fused-ring (bicyclic) bond motifs is 1. The highest BCUT2D eigenvalue weighted by Crippen LogP contribution is 2.35. The normalized spacial score (nSPS) is 29.3. The monoisotopic (exact) mass is 603 g/mol. The molecule has 3 saturated heterocycles. The summed E-state index contributed by atoms with van der Waals surface area (Å²) in [6.07, 6.45) is 1.36. The van der Waals surface area contributed by atoms with Crippen LogP contribution in [0.3, 0.4) is 0 Å². The lowest BCUT2D eigenvalue weighted by Crippen LogP contribution is -2.54. The van der Waals surface area contributed by atoms with Gasteiger partial charge in [0.15, 0.2) is 11.6 Å². The van der Waals surface area contributed by atoms with E-state index in [1.807, 2.05) is 10.2 Å². The van der Waals surface area contributed by atoms with Crippen molar-refractivity contribution in [2.45, 2.75) is 31.7 Å². The lowest BCUT2D eigenvalue weighted by molar-refractivity contribution is -0.136. The first-order valence-corrected chi connectivity index (χ1v) is 13.5. The molecule has 4 aliphatic rings. The number of anilines is 2. The van der Waals surface area contributed by atoms with Crippen molar-refractivity contribution < 1.29 is 43.7 Å². The number of carbonyl (C=O) groups excluding carboxylic acids is 5. The Morgan fingerprint density at radius 1 is 1.00 bits per heavy atom. The Morgan fingerprint density at radius 3 is 2.35 bits per heavy atom. The van der Waals surface area contributed by atoms with E-state index in [2.05, 4.69) is 4.98 Å². The van der Waals surface area contributed by atoms with Gasteiger partial charge < -0.3 is 15.5 Å². The van der Waals surface area contributed by atoms with Crippen molar-refractivity contribution in [1.29, 1.82) is 0 Å². The average Bonchev–Trinajstić information content (AvgIpc) is 3.30. The molecule has 43 heavy (non-hydrogen) atoms. The lowest BCUT2D eigenvalue weighted by atomic mass is 9.96. The molecule has 5 amide bonds. The van der Waals surface area contributed by atoms with Gasteiger partial charge in [0.05, 0.1) is 27.9 Å². The fourth-order valence-electron chi connectivity index (χ4n) is 5.52. The predicted molar refractivity (Wildman–Crippen MR) is 149 cm³/mol. The zero-order chi connectivity index (χ0) is 37.6. The van der Waals surface area contributed by atoms with Gasteiger partial charge in [-0.2, -0.15) is 0 Å². The number of piperazine rings is 1. The minimum absolute atomic E-state index is 0.206. The number of pyridine rings is 1. The average molecular weight is 604 g/mol. The minimum atomic E-state index is -3.63. The number of piperidine rings is 2. The Balaban J connectivity index is 1.29. The largest absolute Gasteiger partial charge is 0.366 e. The molecule has 1 aromatic heterocycles. The summed E-state index contributed by atoms with van der Waals surface area (Å²) in [5, 5.41) is 1.94. The molecule has 0 bridgehead atoms. The molecule has 0 spiro atoms. The first kappa shape index (κ1) is 20.4. The molecule has 2 aromatic rings. The number of aromatic nitrogens is 1. The molecule has 1 aromatic carbocycles. The molecular weight excluding hydrogens is 564 g/mol. The van der Waals surface area contributed by atoms with Crippen LogP contribution in [0.5, 0.6) is 0 Å². The Hall–Kier alpha value is -4.46. The van der Waals surface area contributed by atoms with Crippen molar-refractivity contribution in [2.24, 2.45) is 11.7 Å². The fourth-order valence-corrected chi connectivity index (χ4v) is 5.52. The third kappa shape index (κ3) is 5.31. The first-order valence-electron chi connectivity index (χ1n) is 17.5. The molecular formula is C29H31F2N7O5. The number of hydrogen-bond donors (Lipinski definition) is 2. The van der Waals surface area contributed by atoms with Gasteiger partial charge in [-0.25, -0.2) is 13.8 Å². The van der Waals surface area contributed by atoms with E-state index in [-0.39, 0.29) is 23.3 Å². The van der Waals surface area contributed by atoms with Gasteiger partial charge >= 0.3 is 0 Å². The van der Waals surface area contributed by atoms with Crippen molar-refractivity contribution in [3.05, 3.63) is 52.7 Å². The van der Waals surface area contributed by atoms with E-state index >= 15 is 8.78 Å². The number of nitrogens with two attached hydrogens (primary N) is 1. The number of amides is 5. The van der Waals surface area contributed by atoms with Crippen molar-refractivity contribution in [1.82, 2.24) is 20.1 Å². The van der Waals surface area contributed by atoms with Gasteiger partial charge in [0.1, 0.15) is 11.9 Å². The maximum atomic E-state index is 15.9. The van der Waals surface area contributed by atoms with Crippen LogP contribution in [-0.2, 0) is 9.59 Å². The van der Waals surface area contributed by atoms with Crippen molar-refractivity contribution in [3.63, 3.8) is 0 Å². The summed E-state index contributed by atoms with van der Waals surface area (Å²) >= 11 is 0. The number of primary amides is 1. The van der Waals surface area contributed by atoms with E-state index in [1.54, 1.807) is 6.07 Å². The second kappa shape index (κ2) is 11.3. The van der Waals surface area contributed by atoms with E-state index in [9.17, 15) is 24.0 Å². The Kier molecular flexibility index (Phi) is 5.38. The van der Waals surface area contributed by atoms with Crippen LogP contribution in [0, 0.1) is 17.6 Å². The molecule has 1 atom stereocenters. The molecule has 226 valence electrons. The van der Waals surface area contributed by atoms with Gasteiger partial charge in [-0.3, -0.25) is 39.1 Å². The summed E-state index contributed by atoms with van der Waals surface area (Å²) in [5.74, 6) is -9.18. The fraction of sp³-hybridized carbons (Fsp3) is 0.448. The second-order valence-electron chi connectivity index (χ2n) is 10.5. The molecule has 0 saturated carbocycles. The number of nitrogens with one attached hydrogen (secondary N) is 1. The number of rotatable bonds is 6. The topological polar surface area (TPSA) is 149 Å². The van der Waals surface area contributed by atoms with Gasteiger partial charge in [0.25, 0.3) is 11.8 Å². The second-order valence-corrected chi connectivity index (χ2v) is 10.5. The summed E-state index contributed by atoms with van der Waals surface area (Å²) in [5.41, 5.74) is 2.07. The Morgan fingerprint density at radius 2 is 1.72 bits per heavy atom. The van der Waals surface area contributed by atoms with Crippen LogP contribution in [0.25, 0.3) is 0 Å². The smallest absolute Gasteiger partial charge is 0.265 e. The highest BCUT2D eigenvalue weighted by molar-refractivity contribution is 6.24. The van der Waals surface area contributed by atoms with Gasteiger partial charge in [-0.15, -0.1) is 0 Å². The number of imide groups is 2. The molecule has 0 aliphatic carbocycles. The SMILES string of the molecule is [2H]C1([2H])N(CC2CCN(c3ccc(C(N)=O)cn3)CC2)C([2H])([2H])C([2H])([2H])N(c2cc3c(c(F)c2F)C(=O)N(C2CCC(=O)NC2=O)C3=O)C1([2H])[2H]. The van der Waals surface area contributed by atoms with E-state index in [1.165, 1.54) is 12.3 Å². The summed E-state index contributed by atoms with van der Waals surface area (Å²) in [7, 11) is 0. The number of halogens is 2. The molecule has 6 rings (SSSR count). The standard InChI is InChI=1S/C29H31F2N7O5/c30-24-20(13-18-23(25(24)31)29(43)38(28(18)42)19-2-4-22(39)34-27(19)41)36-11-9-35(10-12-36)15-16-5-7-37(8-6-16)21-3-1-17(14-33-21)26(32)40/h1,3,13-14,16,19H,2,4-12,15H2,(H2,32,40)(H,34,39,41)/i9D2,10D2,11D2,12D2. The van der Waals surface area contributed by atoms with E-state index < -0.39 is 102 Å². The highest BCUT2D eigenvalue weighted by Gasteiger charge is 2.47. The molecule has 3 fully saturated rings. The summed E-state index contributed by atoms with van der Waals surface area (Å²) in [6.45, 7) is -13.9. The van der Waals surface area contributed by atoms with Crippen LogP contribution in [0.4, 0.5) is 20.3 Å². The predicted octanol–water partition coefficient (Wildman–Crippen LogP) is 0.899. The van der Waals surface area contributed by atoms with Gasteiger partial charge in [-0.1, -0.05) is 0 Å². The Bertz CT molecular complexity index is 1830. The van der Waals surface area contributed by atoms with Crippen LogP contribution < -0.4 is 20.9 Å². The number of carbonyl (C=O) groups is 5. The quantitative estimate of drug-likeness (QED) is 0.460. The summed E-state index contributed by atoms with van der Waals surface area (Å²) in [4.78, 5) is 68.5. The van der Waals surface area contributed by atoms with E-state index in [0.717, 1.165) is 0 Å². The van der Waals surface area contributed by atoms with Crippen LogP contribution in [-0.4, -0.2) is 96.0 Å². The van der Waals surface area contributed by atoms with Crippen LogP contribution in [0.2, 0.25) is 0 Å². The number of hydrogen-bond acceptors (Lipinski definition) is 9. The maximum absolute atomic E-state index is 15.9. The van der Waals surface area contributed by atoms with E-state index in [4.69, 9.17) is 16.7 Å². The zero-order valence-electron chi connectivity index (χ0n) is 30.5. The lowest BCUT2D eigenvalue weighted by Gasteiger charge is -2.40. The van der Waals surface area contributed by atoms with Gasteiger partial charge in [0.2, 0.25) is 17.7 Å². The van der Waals surface area contributed by atoms with E-state index in [0.29, 0.717) is 47.6 Å². The summed E-state index contributed by atoms with van der Waals surface area (Å²) < 4.78 is 102. The van der Waals surface area contributed by atoms with Gasteiger partial charge in [-0.05, 0) is 43.4 Å². The van der Waals surface area contributed by atoms with Crippen molar-refractivity contribution in [3.8, 4) is 0 Å². The van der Waals surface area contributed by atoms with Crippen LogP contribution >= 0.6 is 0 Å². The molecule has 3 N–H and O–H groups in total. The highest BCUT2D eigenvalue weighted by atomic mass is 19.2. The maximum Gasteiger partial charge on any atom is 0.265 e. The first-order chi connectivity index (χ1) is 23.6. The zero-order valence-corrected chi connectivity index (χ0v) is 22.5. The number of benzene rings is 1. The summed E-state index contributed by atoms with van der Waals surface area (Å²) in [6, 6.07) is 1.96. The van der Waals surface area contributed by atoms with Crippen molar-refractivity contribution >= 4 is 41.0 Å². The molecule has 5 heterocycles. The third-order valence-corrected chi connectivity index (χ3v) is 7.84.